The zero-order valence-corrected chi connectivity index (χ0v) is 14.6. The fourth-order valence-electron chi connectivity index (χ4n) is 4.01. The molecule has 4 heteroatoms. The van der Waals surface area contributed by atoms with Crippen LogP contribution in [0.2, 0.25) is 0 Å². The van der Waals surface area contributed by atoms with E-state index in [2.05, 4.69) is 40.7 Å². The molecule has 2 aliphatic rings. The molecule has 0 fully saturated rings. The molecule has 2 heterocycles. The van der Waals surface area contributed by atoms with Crippen LogP contribution < -0.4 is 4.90 Å². The highest BCUT2D eigenvalue weighted by molar-refractivity contribution is 5.96. The van der Waals surface area contributed by atoms with Gasteiger partial charge in [-0.2, -0.15) is 0 Å². The van der Waals surface area contributed by atoms with Crippen LogP contribution in [0.15, 0.2) is 48.5 Å². The third kappa shape index (κ3) is 2.74. The lowest BCUT2D eigenvalue weighted by atomic mass is 10.0. The second-order valence-electron chi connectivity index (χ2n) is 6.95. The Labute approximate surface area is 148 Å². The van der Waals surface area contributed by atoms with E-state index in [0.717, 1.165) is 43.5 Å². The summed E-state index contributed by atoms with van der Waals surface area (Å²) >= 11 is 0. The van der Waals surface area contributed by atoms with E-state index < -0.39 is 5.72 Å². The quantitative estimate of drug-likeness (QED) is 0.864. The Balaban J connectivity index is 1.75. The summed E-state index contributed by atoms with van der Waals surface area (Å²) in [5.74, 6) is 0.891. The predicted molar refractivity (Wildman–Crippen MR) is 97.4 cm³/mol. The van der Waals surface area contributed by atoms with Crippen molar-refractivity contribution in [3.8, 4) is 0 Å². The maximum Gasteiger partial charge on any atom is 0.271 e. The minimum atomic E-state index is -1.10. The Morgan fingerprint density at radius 1 is 1.08 bits per heavy atom. The Kier molecular flexibility index (Phi) is 4.08. The van der Waals surface area contributed by atoms with Gasteiger partial charge in [0.25, 0.3) is 11.6 Å². The summed E-state index contributed by atoms with van der Waals surface area (Å²) in [6.45, 7) is 3.45. The van der Waals surface area contributed by atoms with E-state index in [1.807, 2.05) is 0 Å². The van der Waals surface area contributed by atoms with Gasteiger partial charge in [0.15, 0.2) is 6.54 Å². The van der Waals surface area contributed by atoms with Crippen LogP contribution in [0.4, 0.5) is 10.1 Å². The lowest BCUT2D eigenvalue weighted by Crippen LogP contribution is -2.41. The highest BCUT2D eigenvalue weighted by Gasteiger charge is 2.52. The first kappa shape index (κ1) is 16.3. The van der Waals surface area contributed by atoms with E-state index in [4.69, 9.17) is 0 Å². The first-order chi connectivity index (χ1) is 12.1. The summed E-state index contributed by atoms with van der Waals surface area (Å²) in [6, 6.07) is 14.8. The van der Waals surface area contributed by atoms with Crippen molar-refractivity contribution in [2.75, 3.05) is 18.0 Å². The number of anilines is 1. The maximum absolute atomic E-state index is 13.3. The van der Waals surface area contributed by atoms with Gasteiger partial charge in [0.05, 0.1) is 6.54 Å². The Hall–Kier alpha value is -2.20. The number of aryl methyl sites for hydroxylation is 1. The standard InChI is InChI=1S/C21H24FN2O/c1-2-16-6-12-19(13-7-16)23-15-21(25,17-8-10-18(22)11-9-17)24-14-4-3-5-20(23)24/h6-13,25H,2-5,14-15H2,1H3/q+1. The average Bonchev–Trinajstić information content (AvgIpc) is 2.97. The fourth-order valence-corrected chi connectivity index (χ4v) is 4.01. The molecule has 1 atom stereocenters. The molecule has 2 aliphatic heterocycles. The van der Waals surface area contributed by atoms with Gasteiger partial charge in [-0.1, -0.05) is 19.1 Å². The lowest BCUT2D eigenvalue weighted by Gasteiger charge is -2.24. The zero-order valence-electron chi connectivity index (χ0n) is 14.6. The van der Waals surface area contributed by atoms with Gasteiger partial charge < -0.3 is 5.11 Å². The van der Waals surface area contributed by atoms with Crippen LogP contribution >= 0.6 is 0 Å². The number of aliphatic hydroxyl groups is 1. The van der Waals surface area contributed by atoms with Crippen LogP contribution in [0.1, 0.15) is 37.3 Å². The highest BCUT2D eigenvalue weighted by Crippen LogP contribution is 2.35. The number of rotatable bonds is 3. The van der Waals surface area contributed by atoms with Gasteiger partial charge in [-0.05, 0) is 61.2 Å². The molecule has 130 valence electrons. The van der Waals surface area contributed by atoms with Crippen LogP contribution in [0.3, 0.4) is 0 Å². The van der Waals surface area contributed by atoms with Gasteiger partial charge in [-0.25, -0.2) is 13.9 Å². The Morgan fingerprint density at radius 3 is 2.48 bits per heavy atom. The molecule has 2 aromatic carbocycles. The molecule has 0 saturated heterocycles. The SMILES string of the molecule is CCc1ccc(N2CC(O)(c3ccc(F)cc3)[N+]3=C2CCCC3)cc1. The summed E-state index contributed by atoms with van der Waals surface area (Å²) in [7, 11) is 0. The predicted octanol–water partition coefficient (Wildman–Crippen LogP) is 3.65. The van der Waals surface area contributed by atoms with Crippen LogP contribution in [0.5, 0.6) is 0 Å². The second kappa shape index (κ2) is 6.26. The number of hydrogen-bond acceptors (Lipinski definition) is 2. The second-order valence-corrected chi connectivity index (χ2v) is 6.95. The minimum absolute atomic E-state index is 0.278. The molecule has 4 rings (SSSR count). The molecule has 2 aromatic rings. The topological polar surface area (TPSA) is 26.5 Å². The molecule has 0 bridgehead atoms. The molecule has 3 nitrogen and oxygen atoms in total. The number of halogens is 1. The molecule has 0 aliphatic carbocycles. The molecule has 0 radical (unpaired) electrons. The maximum atomic E-state index is 13.3. The minimum Gasteiger partial charge on any atom is -0.346 e. The normalized spacial score (nSPS) is 23.1. The van der Waals surface area contributed by atoms with E-state index >= 15 is 0 Å². The molecule has 1 N–H and O–H groups in total. The van der Waals surface area contributed by atoms with Crippen molar-refractivity contribution in [2.45, 2.75) is 38.3 Å². The van der Waals surface area contributed by atoms with E-state index in [0.29, 0.717) is 6.54 Å². The molecule has 1 unspecified atom stereocenters. The van der Waals surface area contributed by atoms with Crippen LogP contribution in [-0.4, -0.2) is 28.6 Å². The number of benzene rings is 2. The first-order valence-electron chi connectivity index (χ1n) is 9.10. The van der Waals surface area contributed by atoms with Gasteiger partial charge in [0.1, 0.15) is 11.5 Å². The van der Waals surface area contributed by atoms with Gasteiger partial charge >= 0.3 is 0 Å². The van der Waals surface area contributed by atoms with E-state index in [1.54, 1.807) is 12.1 Å². The van der Waals surface area contributed by atoms with Crippen molar-refractivity contribution in [3.63, 3.8) is 0 Å². The van der Waals surface area contributed by atoms with Crippen LogP contribution in [0.25, 0.3) is 0 Å². The molecule has 0 spiro atoms. The van der Waals surface area contributed by atoms with E-state index in [9.17, 15) is 9.50 Å². The van der Waals surface area contributed by atoms with Gasteiger partial charge in [-0.15, -0.1) is 0 Å². The average molecular weight is 339 g/mol. The van der Waals surface area contributed by atoms with Crippen molar-refractivity contribution < 1.29 is 14.1 Å². The summed E-state index contributed by atoms with van der Waals surface area (Å²) in [5, 5.41) is 11.5. The molecule has 0 aromatic heterocycles. The molecular formula is C21H24FN2O+. The third-order valence-electron chi connectivity index (χ3n) is 5.44. The van der Waals surface area contributed by atoms with E-state index in [1.165, 1.54) is 23.5 Å². The lowest BCUT2D eigenvalue weighted by molar-refractivity contribution is -0.661. The van der Waals surface area contributed by atoms with E-state index in [-0.39, 0.29) is 5.82 Å². The highest BCUT2D eigenvalue weighted by atomic mass is 19.1. The van der Waals surface area contributed by atoms with Gasteiger partial charge in [0, 0.05) is 12.0 Å². The van der Waals surface area contributed by atoms with Crippen molar-refractivity contribution in [1.82, 2.24) is 0 Å². The fraction of sp³-hybridized carbons (Fsp3) is 0.381. The monoisotopic (exact) mass is 339 g/mol. The van der Waals surface area contributed by atoms with Crippen molar-refractivity contribution in [2.24, 2.45) is 0 Å². The molecule has 25 heavy (non-hydrogen) atoms. The smallest absolute Gasteiger partial charge is 0.271 e. The number of hydrogen-bond donors (Lipinski definition) is 1. The zero-order chi connectivity index (χ0) is 17.4. The Morgan fingerprint density at radius 2 is 1.80 bits per heavy atom. The summed E-state index contributed by atoms with van der Waals surface area (Å²) in [6.07, 6.45) is 4.17. The van der Waals surface area contributed by atoms with Crippen LogP contribution in [-0.2, 0) is 12.1 Å². The van der Waals surface area contributed by atoms with Crippen molar-refractivity contribution in [1.29, 1.82) is 0 Å². The Bertz CT molecular complexity index is 798. The molecule has 0 saturated carbocycles. The summed E-state index contributed by atoms with van der Waals surface area (Å²) < 4.78 is 15.4. The van der Waals surface area contributed by atoms with Gasteiger partial charge in [0.2, 0.25) is 0 Å². The number of β-amino-alcohol motifs (C(OH)–C–C–N with tert-alkyl or cyclic N) is 1. The summed E-state index contributed by atoms with van der Waals surface area (Å²) in [5.41, 5.74) is 2.06. The number of amidine groups is 1. The van der Waals surface area contributed by atoms with Crippen molar-refractivity contribution >= 4 is 11.5 Å². The van der Waals surface area contributed by atoms with Crippen LogP contribution in [0, 0.1) is 5.82 Å². The van der Waals surface area contributed by atoms with Crippen molar-refractivity contribution in [3.05, 3.63) is 65.5 Å². The molecule has 0 amide bonds. The summed E-state index contributed by atoms with van der Waals surface area (Å²) in [4.78, 5) is 2.22. The third-order valence-corrected chi connectivity index (χ3v) is 5.44. The number of nitrogens with zero attached hydrogens (tertiary/aromatic N) is 2. The molecular weight excluding hydrogens is 315 g/mol. The van der Waals surface area contributed by atoms with Gasteiger partial charge in [-0.3, -0.25) is 0 Å². The first-order valence-corrected chi connectivity index (χ1v) is 9.10. The largest absolute Gasteiger partial charge is 0.346 e.